The Morgan fingerprint density at radius 3 is 2.28 bits per heavy atom. The molecule has 1 aromatic heterocycles. The van der Waals surface area contributed by atoms with E-state index in [1.165, 1.54) is 11.8 Å². The van der Waals surface area contributed by atoms with Crippen molar-refractivity contribution in [2.24, 2.45) is 0 Å². The highest BCUT2D eigenvalue weighted by Crippen LogP contribution is 2.16. The lowest BCUT2D eigenvalue weighted by Gasteiger charge is -2.36. The van der Waals surface area contributed by atoms with E-state index >= 15 is 0 Å². The smallest absolute Gasteiger partial charge is 0.242 e. The molecule has 0 N–H and O–H groups in total. The van der Waals surface area contributed by atoms with E-state index in [1.807, 2.05) is 53.4 Å². The first kappa shape index (κ1) is 17.0. The summed E-state index contributed by atoms with van der Waals surface area (Å²) >= 11 is 0. The highest BCUT2D eigenvalue weighted by atomic mass is 16.2. The number of aromatic nitrogens is 1. The molecular weight excluding hydrogens is 316 g/mol. The van der Waals surface area contributed by atoms with Crippen LogP contribution in [0.5, 0.6) is 0 Å². The molecular formula is C19H22N4O2. The minimum Gasteiger partial charge on any atom is -0.353 e. The average Bonchev–Trinajstić information content (AvgIpc) is 2.67. The first-order chi connectivity index (χ1) is 12.1. The standard InChI is InChI=1S/C19H22N4O2/c1-16(24)23(17-7-3-2-4-8-17)15-19(25)22-13-11-21(12-14-22)18-9-5-6-10-20-18/h2-10H,11-15H2,1H3. The highest BCUT2D eigenvalue weighted by molar-refractivity contribution is 5.97. The predicted octanol–water partition coefficient (Wildman–Crippen LogP) is 1.78. The number of carbonyl (C=O) groups excluding carboxylic acids is 2. The number of nitrogens with zero attached hydrogens (tertiary/aromatic N) is 4. The van der Waals surface area contributed by atoms with Crippen molar-refractivity contribution in [3.63, 3.8) is 0 Å². The van der Waals surface area contributed by atoms with E-state index in [4.69, 9.17) is 0 Å². The average molecular weight is 338 g/mol. The SMILES string of the molecule is CC(=O)N(CC(=O)N1CCN(c2ccccn2)CC1)c1ccccc1. The van der Waals surface area contributed by atoms with Crippen LogP contribution in [0.2, 0.25) is 0 Å². The van der Waals surface area contributed by atoms with E-state index in [-0.39, 0.29) is 18.4 Å². The molecule has 6 heteroatoms. The molecule has 0 bridgehead atoms. The summed E-state index contributed by atoms with van der Waals surface area (Å²) in [5, 5.41) is 0. The van der Waals surface area contributed by atoms with Crippen LogP contribution in [-0.2, 0) is 9.59 Å². The number of hydrogen-bond acceptors (Lipinski definition) is 4. The van der Waals surface area contributed by atoms with Gasteiger partial charge in [0.2, 0.25) is 11.8 Å². The Balaban J connectivity index is 1.59. The van der Waals surface area contributed by atoms with E-state index in [2.05, 4.69) is 9.88 Å². The van der Waals surface area contributed by atoms with Crippen LogP contribution < -0.4 is 9.80 Å². The molecule has 6 nitrogen and oxygen atoms in total. The van der Waals surface area contributed by atoms with Crippen molar-refractivity contribution in [3.05, 3.63) is 54.7 Å². The quantitative estimate of drug-likeness (QED) is 0.853. The van der Waals surface area contributed by atoms with Gasteiger partial charge >= 0.3 is 0 Å². The van der Waals surface area contributed by atoms with E-state index in [0.717, 1.165) is 24.6 Å². The summed E-state index contributed by atoms with van der Waals surface area (Å²) in [6, 6.07) is 15.1. The van der Waals surface area contributed by atoms with Gasteiger partial charge in [0, 0.05) is 45.0 Å². The molecule has 1 aliphatic rings. The number of amides is 2. The molecule has 1 fully saturated rings. The lowest BCUT2D eigenvalue weighted by molar-refractivity contribution is -0.131. The third-order valence-corrected chi connectivity index (χ3v) is 4.35. The van der Waals surface area contributed by atoms with Gasteiger partial charge in [-0.2, -0.15) is 0 Å². The summed E-state index contributed by atoms with van der Waals surface area (Å²) in [4.78, 5) is 34.4. The molecule has 2 aromatic rings. The molecule has 25 heavy (non-hydrogen) atoms. The molecule has 2 heterocycles. The minimum absolute atomic E-state index is 0.0280. The fraction of sp³-hybridized carbons (Fsp3) is 0.316. The van der Waals surface area contributed by atoms with Gasteiger partial charge in [0.05, 0.1) is 0 Å². The van der Waals surface area contributed by atoms with Crippen molar-refractivity contribution in [3.8, 4) is 0 Å². The van der Waals surface area contributed by atoms with Crippen LogP contribution in [0.25, 0.3) is 0 Å². The van der Waals surface area contributed by atoms with Crippen LogP contribution in [0.1, 0.15) is 6.92 Å². The van der Waals surface area contributed by atoms with Gasteiger partial charge in [0.25, 0.3) is 0 Å². The summed E-state index contributed by atoms with van der Waals surface area (Å²) < 4.78 is 0. The Hall–Kier alpha value is -2.89. The maximum Gasteiger partial charge on any atom is 0.242 e. The van der Waals surface area contributed by atoms with Crippen LogP contribution in [0, 0.1) is 0 Å². The number of benzene rings is 1. The second kappa shape index (κ2) is 7.79. The normalized spacial score (nSPS) is 14.3. The number of para-hydroxylation sites is 1. The van der Waals surface area contributed by atoms with Crippen molar-refractivity contribution in [2.45, 2.75) is 6.92 Å². The van der Waals surface area contributed by atoms with E-state index in [0.29, 0.717) is 13.1 Å². The Bertz CT molecular complexity index is 713. The minimum atomic E-state index is -0.133. The molecule has 0 atom stereocenters. The van der Waals surface area contributed by atoms with E-state index in [9.17, 15) is 9.59 Å². The second-order valence-corrected chi connectivity index (χ2v) is 6.00. The van der Waals surface area contributed by atoms with Crippen LogP contribution >= 0.6 is 0 Å². The fourth-order valence-electron chi connectivity index (χ4n) is 2.95. The van der Waals surface area contributed by atoms with Crippen LogP contribution in [0.15, 0.2) is 54.7 Å². The summed E-state index contributed by atoms with van der Waals surface area (Å²) in [5.41, 5.74) is 0.746. The molecule has 2 amide bonds. The van der Waals surface area contributed by atoms with Gasteiger partial charge in [0.15, 0.2) is 0 Å². The molecule has 0 spiro atoms. The third kappa shape index (κ3) is 4.15. The van der Waals surface area contributed by atoms with Gasteiger partial charge in [0.1, 0.15) is 12.4 Å². The zero-order valence-electron chi connectivity index (χ0n) is 14.3. The van der Waals surface area contributed by atoms with Gasteiger partial charge in [-0.05, 0) is 24.3 Å². The molecule has 130 valence electrons. The number of anilines is 2. The molecule has 1 saturated heterocycles. The van der Waals surface area contributed by atoms with Gasteiger partial charge in [-0.25, -0.2) is 4.98 Å². The maximum atomic E-state index is 12.6. The maximum absolute atomic E-state index is 12.6. The largest absolute Gasteiger partial charge is 0.353 e. The number of pyridine rings is 1. The van der Waals surface area contributed by atoms with Crippen molar-refractivity contribution in [1.82, 2.24) is 9.88 Å². The van der Waals surface area contributed by atoms with Gasteiger partial charge in [-0.1, -0.05) is 24.3 Å². The number of rotatable bonds is 4. The molecule has 0 radical (unpaired) electrons. The first-order valence-electron chi connectivity index (χ1n) is 8.42. The number of piperazine rings is 1. The zero-order chi connectivity index (χ0) is 17.6. The van der Waals surface area contributed by atoms with E-state index < -0.39 is 0 Å². The summed E-state index contributed by atoms with van der Waals surface area (Å²) in [6.45, 7) is 4.32. The van der Waals surface area contributed by atoms with Crippen LogP contribution in [0.3, 0.4) is 0 Å². The Kier molecular flexibility index (Phi) is 5.28. The highest BCUT2D eigenvalue weighted by Gasteiger charge is 2.24. The van der Waals surface area contributed by atoms with E-state index in [1.54, 1.807) is 6.20 Å². The number of carbonyl (C=O) groups is 2. The van der Waals surface area contributed by atoms with Crippen LogP contribution in [0.4, 0.5) is 11.5 Å². The zero-order valence-corrected chi connectivity index (χ0v) is 14.3. The summed E-state index contributed by atoms with van der Waals surface area (Å²) in [6.07, 6.45) is 1.78. The monoisotopic (exact) mass is 338 g/mol. The molecule has 0 saturated carbocycles. The Morgan fingerprint density at radius 1 is 1.00 bits per heavy atom. The lowest BCUT2D eigenvalue weighted by atomic mass is 10.2. The van der Waals surface area contributed by atoms with Gasteiger partial charge < -0.3 is 14.7 Å². The first-order valence-corrected chi connectivity index (χ1v) is 8.42. The Morgan fingerprint density at radius 2 is 1.68 bits per heavy atom. The predicted molar refractivity (Wildman–Crippen MR) is 97.5 cm³/mol. The Labute approximate surface area is 147 Å². The fourth-order valence-corrected chi connectivity index (χ4v) is 2.95. The summed E-state index contributed by atoms with van der Waals surface area (Å²) in [7, 11) is 0. The van der Waals surface area contributed by atoms with Crippen molar-refractivity contribution in [2.75, 3.05) is 42.5 Å². The molecule has 1 aliphatic heterocycles. The molecule has 0 unspecified atom stereocenters. The van der Waals surface area contributed by atoms with Crippen molar-refractivity contribution in [1.29, 1.82) is 0 Å². The lowest BCUT2D eigenvalue weighted by Crippen LogP contribution is -2.52. The molecule has 0 aliphatic carbocycles. The topological polar surface area (TPSA) is 56.8 Å². The van der Waals surface area contributed by atoms with Gasteiger partial charge in [-0.3, -0.25) is 9.59 Å². The summed E-state index contributed by atoms with van der Waals surface area (Å²) in [5.74, 6) is 0.774. The van der Waals surface area contributed by atoms with Crippen molar-refractivity contribution < 1.29 is 9.59 Å². The molecule has 3 rings (SSSR count). The second-order valence-electron chi connectivity index (χ2n) is 6.00. The van der Waals surface area contributed by atoms with Gasteiger partial charge in [-0.15, -0.1) is 0 Å². The molecule has 1 aromatic carbocycles. The third-order valence-electron chi connectivity index (χ3n) is 4.35. The van der Waals surface area contributed by atoms with Crippen molar-refractivity contribution >= 4 is 23.3 Å². The number of hydrogen-bond donors (Lipinski definition) is 0. The van der Waals surface area contributed by atoms with Crippen LogP contribution in [-0.4, -0.2) is 54.4 Å².